The van der Waals surface area contributed by atoms with Crippen molar-refractivity contribution in [1.29, 1.82) is 0 Å². The fourth-order valence-electron chi connectivity index (χ4n) is 2.33. The van der Waals surface area contributed by atoms with E-state index in [4.69, 9.17) is 33.3 Å². The number of thiocarbonyl (C=S) groups is 1. The molecule has 0 fully saturated rings. The van der Waals surface area contributed by atoms with Crippen LogP contribution in [0.2, 0.25) is 5.02 Å². The topological polar surface area (TPSA) is 42.5 Å². The summed E-state index contributed by atoms with van der Waals surface area (Å²) in [6.45, 7) is 3.46. The smallest absolute Gasteiger partial charge is 0.170 e. The Morgan fingerprint density at radius 1 is 1.16 bits per heavy atom. The van der Waals surface area contributed by atoms with Gasteiger partial charge in [0.1, 0.15) is 11.5 Å². The monoisotopic (exact) mass is 378 g/mol. The lowest BCUT2D eigenvalue weighted by molar-refractivity contribution is 0.340. The van der Waals surface area contributed by atoms with Crippen LogP contribution in [0, 0.1) is 0 Å². The molecule has 4 nitrogen and oxygen atoms in total. The quantitative estimate of drug-likeness (QED) is 0.516. The molecule has 0 spiro atoms. The molecule has 0 aliphatic heterocycles. The Hall–Kier alpha value is -1.98. The maximum Gasteiger partial charge on any atom is 0.170 e. The lowest BCUT2D eigenvalue weighted by Gasteiger charge is -2.12. The van der Waals surface area contributed by atoms with E-state index in [2.05, 4.69) is 22.8 Å². The highest BCUT2D eigenvalue weighted by molar-refractivity contribution is 7.80. The largest absolute Gasteiger partial charge is 0.495 e. The third kappa shape index (κ3) is 6.44. The summed E-state index contributed by atoms with van der Waals surface area (Å²) >= 11 is 11.4. The van der Waals surface area contributed by atoms with E-state index >= 15 is 0 Å². The van der Waals surface area contributed by atoms with Crippen LogP contribution in [-0.4, -0.2) is 25.4 Å². The van der Waals surface area contributed by atoms with Crippen LogP contribution in [0.5, 0.6) is 11.5 Å². The third-order valence-electron chi connectivity index (χ3n) is 3.57. The van der Waals surface area contributed by atoms with Gasteiger partial charge in [0.05, 0.1) is 18.7 Å². The van der Waals surface area contributed by atoms with Crippen LogP contribution in [-0.2, 0) is 6.42 Å². The van der Waals surface area contributed by atoms with Crippen LogP contribution in [0.4, 0.5) is 5.69 Å². The molecule has 134 valence electrons. The lowest BCUT2D eigenvalue weighted by Crippen LogP contribution is -2.29. The number of nitrogens with one attached hydrogen (secondary N) is 2. The molecule has 2 rings (SSSR count). The zero-order valence-corrected chi connectivity index (χ0v) is 16.0. The van der Waals surface area contributed by atoms with Crippen molar-refractivity contribution in [2.75, 3.05) is 25.6 Å². The third-order valence-corrected chi connectivity index (χ3v) is 4.11. The van der Waals surface area contributed by atoms with Crippen LogP contribution in [0.1, 0.15) is 18.9 Å². The van der Waals surface area contributed by atoms with Crippen LogP contribution in [0.15, 0.2) is 42.5 Å². The number of halogens is 1. The summed E-state index contributed by atoms with van der Waals surface area (Å²) in [5.74, 6) is 1.55. The minimum absolute atomic E-state index is 0.547. The van der Waals surface area contributed by atoms with Crippen molar-refractivity contribution in [1.82, 2.24) is 5.32 Å². The minimum Gasteiger partial charge on any atom is -0.495 e. The predicted molar refractivity (Wildman–Crippen MR) is 108 cm³/mol. The molecule has 0 heterocycles. The highest BCUT2D eigenvalue weighted by Crippen LogP contribution is 2.27. The Balaban J connectivity index is 1.70. The van der Waals surface area contributed by atoms with Crippen molar-refractivity contribution in [3.8, 4) is 11.5 Å². The molecule has 6 heteroatoms. The zero-order valence-electron chi connectivity index (χ0n) is 14.5. The van der Waals surface area contributed by atoms with Gasteiger partial charge in [-0.15, -0.1) is 0 Å². The summed E-state index contributed by atoms with van der Waals surface area (Å²) in [5.41, 5.74) is 2.11. The van der Waals surface area contributed by atoms with Gasteiger partial charge in [-0.05, 0) is 67.9 Å². The van der Waals surface area contributed by atoms with Gasteiger partial charge in [-0.25, -0.2) is 0 Å². The van der Waals surface area contributed by atoms with Crippen molar-refractivity contribution < 1.29 is 9.47 Å². The first-order valence-electron chi connectivity index (χ1n) is 8.22. The Morgan fingerprint density at radius 3 is 2.56 bits per heavy atom. The molecule has 0 aliphatic carbocycles. The predicted octanol–water partition coefficient (Wildman–Crippen LogP) is 4.67. The highest BCUT2D eigenvalue weighted by Gasteiger charge is 2.03. The Kier molecular flexibility index (Phi) is 7.82. The van der Waals surface area contributed by atoms with Crippen LogP contribution in [0.3, 0.4) is 0 Å². The fourth-order valence-corrected chi connectivity index (χ4v) is 2.81. The van der Waals surface area contributed by atoms with E-state index in [1.807, 2.05) is 25.1 Å². The Morgan fingerprint density at radius 2 is 1.92 bits per heavy atom. The van der Waals surface area contributed by atoms with Gasteiger partial charge in [-0.3, -0.25) is 0 Å². The first kappa shape index (κ1) is 19.3. The molecule has 0 aromatic heterocycles. The van der Waals surface area contributed by atoms with Crippen LogP contribution >= 0.6 is 23.8 Å². The number of hydrogen-bond acceptors (Lipinski definition) is 3. The van der Waals surface area contributed by atoms with Crippen molar-refractivity contribution in [3.05, 3.63) is 53.1 Å². The van der Waals surface area contributed by atoms with E-state index in [0.717, 1.165) is 30.8 Å². The number of anilines is 1. The van der Waals surface area contributed by atoms with Crippen molar-refractivity contribution in [2.24, 2.45) is 0 Å². The minimum atomic E-state index is 0.547. The van der Waals surface area contributed by atoms with Gasteiger partial charge in [0.25, 0.3) is 0 Å². The second kappa shape index (κ2) is 10.1. The highest BCUT2D eigenvalue weighted by atomic mass is 35.5. The van der Waals surface area contributed by atoms with Gasteiger partial charge in [-0.2, -0.15) is 0 Å². The van der Waals surface area contributed by atoms with Crippen LogP contribution in [0.25, 0.3) is 0 Å². The number of ether oxygens (including phenoxy) is 2. The molecule has 0 radical (unpaired) electrons. The first-order chi connectivity index (χ1) is 12.1. The molecule has 0 saturated carbocycles. The second-order valence-corrected chi connectivity index (χ2v) is 6.23. The number of aryl methyl sites for hydroxylation is 1. The standard InChI is InChI=1S/C19H23ClN2O2S/c1-3-24-16-9-6-14(7-10-16)5-4-12-21-19(25)22-15-8-11-18(23-2)17(20)13-15/h6-11,13H,3-5,12H2,1-2H3,(H2,21,22,25). The first-order valence-corrected chi connectivity index (χ1v) is 9.01. The molecule has 2 aromatic carbocycles. The average Bonchev–Trinajstić information content (AvgIpc) is 2.60. The lowest BCUT2D eigenvalue weighted by atomic mass is 10.1. The molecule has 2 aromatic rings. The molecule has 0 saturated heterocycles. The summed E-state index contributed by atoms with van der Waals surface area (Å²) in [4.78, 5) is 0. The van der Waals surface area contributed by atoms with E-state index in [9.17, 15) is 0 Å². The fraction of sp³-hybridized carbons (Fsp3) is 0.316. The maximum atomic E-state index is 6.10. The molecule has 0 bridgehead atoms. The SMILES string of the molecule is CCOc1ccc(CCCNC(=S)Nc2ccc(OC)c(Cl)c2)cc1. The molecule has 0 amide bonds. The summed E-state index contributed by atoms with van der Waals surface area (Å²) < 4.78 is 10.6. The van der Waals surface area contributed by atoms with Gasteiger partial charge in [0.2, 0.25) is 0 Å². The summed E-state index contributed by atoms with van der Waals surface area (Å²) in [6, 6.07) is 13.7. The summed E-state index contributed by atoms with van der Waals surface area (Å²) in [6.07, 6.45) is 1.97. The van der Waals surface area contributed by atoms with Gasteiger partial charge >= 0.3 is 0 Å². The van der Waals surface area contributed by atoms with Crippen molar-refractivity contribution in [2.45, 2.75) is 19.8 Å². The number of benzene rings is 2. The molecule has 25 heavy (non-hydrogen) atoms. The van der Waals surface area contributed by atoms with Crippen molar-refractivity contribution in [3.63, 3.8) is 0 Å². The van der Waals surface area contributed by atoms with E-state index < -0.39 is 0 Å². The van der Waals surface area contributed by atoms with Gasteiger partial charge in [0, 0.05) is 12.2 Å². The second-order valence-electron chi connectivity index (χ2n) is 5.41. The average molecular weight is 379 g/mol. The van der Waals surface area contributed by atoms with Gasteiger partial charge in [-0.1, -0.05) is 23.7 Å². The normalized spacial score (nSPS) is 10.2. The van der Waals surface area contributed by atoms with Gasteiger partial charge in [0.15, 0.2) is 5.11 Å². The molecule has 0 atom stereocenters. The molecule has 0 unspecified atom stereocenters. The van der Waals surface area contributed by atoms with Crippen molar-refractivity contribution >= 4 is 34.6 Å². The Bertz CT molecular complexity index is 692. The Labute approximate surface area is 159 Å². The van der Waals surface area contributed by atoms with Gasteiger partial charge < -0.3 is 20.1 Å². The number of hydrogen-bond donors (Lipinski definition) is 2. The number of rotatable bonds is 8. The van der Waals surface area contributed by atoms with E-state index in [-0.39, 0.29) is 0 Å². The molecular formula is C19H23ClN2O2S. The molecule has 2 N–H and O–H groups in total. The number of methoxy groups -OCH3 is 1. The molecule has 0 aliphatic rings. The molecular weight excluding hydrogens is 356 g/mol. The van der Waals surface area contributed by atoms with E-state index in [1.54, 1.807) is 19.2 Å². The summed E-state index contributed by atoms with van der Waals surface area (Å²) in [7, 11) is 1.59. The maximum absolute atomic E-state index is 6.10. The van der Waals surface area contributed by atoms with E-state index in [1.165, 1.54) is 5.56 Å². The van der Waals surface area contributed by atoms with Crippen LogP contribution < -0.4 is 20.1 Å². The van der Waals surface area contributed by atoms with E-state index in [0.29, 0.717) is 22.5 Å². The zero-order chi connectivity index (χ0) is 18.1. The summed E-state index contributed by atoms with van der Waals surface area (Å²) in [5, 5.41) is 7.44.